The highest BCUT2D eigenvalue weighted by molar-refractivity contribution is 7.80. The van der Waals surface area contributed by atoms with Gasteiger partial charge in [0, 0.05) is 0 Å². The summed E-state index contributed by atoms with van der Waals surface area (Å²) in [4.78, 5) is 0. The first-order chi connectivity index (χ1) is 8.54. The van der Waals surface area contributed by atoms with Crippen molar-refractivity contribution in [2.75, 3.05) is 0 Å². The van der Waals surface area contributed by atoms with Crippen molar-refractivity contribution < 1.29 is 31.1 Å². The van der Waals surface area contributed by atoms with Crippen molar-refractivity contribution >= 4 is 17.4 Å². The van der Waals surface area contributed by atoms with Crippen LogP contribution >= 0.6 is 12.2 Å². The Kier molecular flexibility index (Phi) is 4.25. The van der Waals surface area contributed by atoms with Gasteiger partial charge in [0.25, 0.3) is 5.17 Å². The highest BCUT2D eigenvalue weighted by Gasteiger charge is 2.37. The second kappa shape index (κ2) is 5.21. The third-order valence-corrected chi connectivity index (χ3v) is 2.09. The molecule has 0 aliphatic rings. The number of hydrogen-bond donors (Lipinski definition) is 2. The summed E-state index contributed by atoms with van der Waals surface area (Å²) in [6.07, 6.45) is -9.89. The fourth-order valence-electron chi connectivity index (χ4n) is 1.12. The monoisotopic (exact) mass is 304 g/mol. The topological polar surface area (TPSA) is 47.3 Å². The smallest absolute Gasteiger partial charge is 0.416 e. The predicted octanol–water partition coefficient (Wildman–Crippen LogP) is 2.85. The zero-order valence-corrected chi connectivity index (χ0v) is 9.71. The van der Waals surface area contributed by atoms with Crippen molar-refractivity contribution in [3.63, 3.8) is 0 Å². The number of rotatable bonds is 1. The van der Waals surface area contributed by atoms with E-state index < -0.39 is 34.4 Å². The van der Waals surface area contributed by atoms with Gasteiger partial charge >= 0.3 is 12.4 Å². The van der Waals surface area contributed by atoms with Crippen molar-refractivity contribution in [3.8, 4) is 5.75 Å². The standard InChI is InChI=1S/C9H6F6N2OS/c10-8(11,12)4-1-5(9(13,14)15)3-6(2-4)18-7(19)17-16/h1-3H,16H2,(H,17,19). The van der Waals surface area contributed by atoms with E-state index in [1.165, 1.54) is 0 Å². The van der Waals surface area contributed by atoms with Gasteiger partial charge in [-0.2, -0.15) is 26.3 Å². The summed E-state index contributed by atoms with van der Waals surface area (Å²) in [5.41, 5.74) is -1.23. The average molecular weight is 304 g/mol. The predicted molar refractivity (Wildman–Crippen MR) is 57.0 cm³/mol. The SMILES string of the molecule is NNC(=S)Oc1cc(C(F)(F)F)cc(C(F)(F)F)c1. The Bertz CT molecular complexity index is 452. The maximum absolute atomic E-state index is 12.5. The van der Waals surface area contributed by atoms with E-state index in [9.17, 15) is 26.3 Å². The average Bonchev–Trinajstić information content (AvgIpc) is 2.26. The van der Waals surface area contributed by atoms with E-state index in [0.717, 1.165) is 0 Å². The van der Waals surface area contributed by atoms with Crippen LogP contribution in [0.5, 0.6) is 5.75 Å². The molecule has 3 nitrogen and oxygen atoms in total. The van der Waals surface area contributed by atoms with Crippen LogP contribution in [0, 0.1) is 0 Å². The van der Waals surface area contributed by atoms with Crippen LogP contribution in [-0.4, -0.2) is 5.17 Å². The van der Waals surface area contributed by atoms with E-state index in [0.29, 0.717) is 12.1 Å². The molecule has 1 aromatic carbocycles. The van der Waals surface area contributed by atoms with Crippen molar-refractivity contribution in [2.24, 2.45) is 5.84 Å². The lowest BCUT2D eigenvalue weighted by Crippen LogP contribution is -2.32. The van der Waals surface area contributed by atoms with Crippen LogP contribution in [0.4, 0.5) is 26.3 Å². The van der Waals surface area contributed by atoms with Crippen LogP contribution in [0.1, 0.15) is 11.1 Å². The summed E-state index contributed by atoms with van der Waals surface area (Å²) in [6, 6.07) is 0.754. The molecule has 0 heterocycles. The molecule has 0 fully saturated rings. The van der Waals surface area contributed by atoms with Gasteiger partial charge < -0.3 is 4.74 Å². The van der Waals surface area contributed by atoms with Crippen molar-refractivity contribution in [3.05, 3.63) is 29.3 Å². The number of halogens is 6. The maximum Gasteiger partial charge on any atom is 0.416 e. The summed E-state index contributed by atoms with van der Waals surface area (Å²) >= 11 is 4.39. The van der Waals surface area contributed by atoms with Gasteiger partial charge in [-0.25, -0.2) is 5.84 Å². The zero-order chi connectivity index (χ0) is 14.8. The number of nitrogens with one attached hydrogen (secondary N) is 1. The van der Waals surface area contributed by atoms with Crippen LogP contribution in [-0.2, 0) is 12.4 Å². The first-order valence-electron chi connectivity index (χ1n) is 4.52. The molecule has 10 heteroatoms. The van der Waals surface area contributed by atoms with Crippen molar-refractivity contribution in [1.29, 1.82) is 0 Å². The Hall–Kier alpha value is -1.55. The molecule has 1 aromatic rings. The van der Waals surface area contributed by atoms with Crippen molar-refractivity contribution in [1.82, 2.24) is 5.43 Å². The first-order valence-corrected chi connectivity index (χ1v) is 4.93. The van der Waals surface area contributed by atoms with Gasteiger partial charge in [0.05, 0.1) is 11.1 Å². The number of benzene rings is 1. The highest BCUT2D eigenvalue weighted by Crippen LogP contribution is 2.38. The second-order valence-electron chi connectivity index (χ2n) is 3.28. The Morgan fingerprint density at radius 1 is 1.00 bits per heavy atom. The maximum atomic E-state index is 12.5. The Labute approximate surface area is 108 Å². The number of ether oxygens (including phenoxy) is 1. The number of alkyl halides is 6. The largest absolute Gasteiger partial charge is 0.431 e. The van der Waals surface area contributed by atoms with E-state index >= 15 is 0 Å². The molecule has 1 rings (SSSR count). The summed E-state index contributed by atoms with van der Waals surface area (Å²) < 4.78 is 79.3. The third-order valence-electron chi connectivity index (χ3n) is 1.89. The van der Waals surface area contributed by atoms with Crippen LogP contribution in [0.3, 0.4) is 0 Å². The molecule has 0 spiro atoms. The van der Waals surface area contributed by atoms with Gasteiger partial charge in [-0.3, -0.25) is 5.43 Å². The molecule has 0 aliphatic heterocycles. The summed E-state index contributed by atoms with van der Waals surface area (Å²) in [6.45, 7) is 0. The molecule has 0 saturated heterocycles. The molecule has 0 saturated carbocycles. The lowest BCUT2D eigenvalue weighted by Gasteiger charge is -2.14. The van der Waals surface area contributed by atoms with Gasteiger partial charge in [-0.15, -0.1) is 0 Å². The van der Waals surface area contributed by atoms with Crippen molar-refractivity contribution in [2.45, 2.75) is 12.4 Å². The molecule has 106 valence electrons. The fourth-order valence-corrected chi connectivity index (χ4v) is 1.22. The third kappa shape index (κ3) is 4.24. The van der Waals surface area contributed by atoms with Gasteiger partial charge in [-0.05, 0) is 30.4 Å². The Morgan fingerprint density at radius 2 is 1.42 bits per heavy atom. The van der Waals surface area contributed by atoms with Gasteiger partial charge in [-0.1, -0.05) is 0 Å². The van der Waals surface area contributed by atoms with Crippen LogP contribution in [0.15, 0.2) is 18.2 Å². The lowest BCUT2D eigenvalue weighted by molar-refractivity contribution is -0.143. The van der Waals surface area contributed by atoms with Crippen LogP contribution < -0.4 is 16.0 Å². The molecule has 0 radical (unpaired) electrons. The van der Waals surface area contributed by atoms with Crippen LogP contribution in [0.2, 0.25) is 0 Å². The lowest BCUT2D eigenvalue weighted by atomic mass is 10.1. The van der Waals surface area contributed by atoms with Gasteiger partial charge in [0.1, 0.15) is 5.75 Å². The molecule has 3 N–H and O–H groups in total. The molecule has 0 aliphatic carbocycles. The molecule has 0 aromatic heterocycles. The Balaban J connectivity index is 3.29. The molecule has 0 atom stereocenters. The molecule has 0 unspecified atom stereocenters. The van der Waals surface area contributed by atoms with E-state index in [1.54, 1.807) is 5.43 Å². The first kappa shape index (κ1) is 15.5. The number of hydrogen-bond acceptors (Lipinski definition) is 3. The fraction of sp³-hybridized carbons (Fsp3) is 0.222. The minimum absolute atomic E-state index is 0.0220. The Morgan fingerprint density at radius 3 is 1.74 bits per heavy atom. The van der Waals surface area contributed by atoms with Gasteiger partial charge in [0.15, 0.2) is 0 Å². The molecule has 0 bridgehead atoms. The van der Waals surface area contributed by atoms with Gasteiger partial charge in [0.2, 0.25) is 0 Å². The zero-order valence-electron chi connectivity index (χ0n) is 8.89. The minimum atomic E-state index is -4.95. The van der Waals surface area contributed by atoms with E-state index in [2.05, 4.69) is 17.0 Å². The molecule has 0 amide bonds. The summed E-state index contributed by atoms with van der Waals surface area (Å²) in [5.74, 6) is 4.09. The number of nitrogens with two attached hydrogens (primary N) is 1. The highest BCUT2D eigenvalue weighted by atomic mass is 32.1. The normalized spacial score (nSPS) is 12.2. The van der Waals surface area contributed by atoms with E-state index in [4.69, 9.17) is 5.84 Å². The molecular weight excluding hydrogens is 298 g/mol. The minimum Gasteiger partial charge on any atom is -0.431 e. The molecular formula is C9H6F6N2OS. The van der Waals surface area contributed by atoms with E-state index in [-0.39, 0.29) is 6.07 Å². The molecule has 19 heavy (non-hydrogen) atoms. The van der Waals surface area contributed by atoms with E-state index in [1.807, 2.05) is 0 Å². The second-order valence-corrected chi connectivity index (χ2v) is 3.65. The number of hydrazine groups is 1. The van der Waals surface area contributed by atoms with Crippen LogP contribution in [0.25, 0.3) is 0 Å². The summed E-state index contributed by atoms with van der Waals surface area (Å²) in [7, 11) is 0. The summed E-state index contributed by atoms with van der Waals surface area (Å²) in [5, 5.41) is -0.563. The number of thiocarbonyl (C=S) groups is 1. The quantitative estimate of drug-likeness (QED) is 0.362.